The van der Waals surface area contributed by atoms with Crippen molar-refractivity contribution >= 4 is 9.84 Å². The highest BCUT2D eigenvalue weighted by Crippen LogP contribution is 2.19. The van der Waals surface area contributed by atoms with Crippen molar-refractivity contribution < 1.29 is 17.2 Å². The fourth-order valence-electron chi connectivity index (χ4n) is 1.73. The van der Waals surface area contributed by atoms with Crippen molar-refractivity contribution in [2.45, 2.75) is 43.4 Å². The third kappa shape index (κ3) is 4.54. The molecule has 1 unspecified atom stereocenters. The zero-order chi connectivity index (χ0) is 14.5. The van der Waals surface area contributed by atoms with Gasteiger partial charge >= 0.3 is 5.76 Å². The molecule has 0 fully saturated rings. The van der Waals surface area contributed by atoms with Crippen LogP contribution in [0.5, 0.6) is 0 Å². The van der Waals surface area contributed by atoms with Gasteiger partial charge in [-0.15, -0.1) is 0 Å². The Balaban J connectivity index is 2.72. The van der Waals surface area contributed by atoms with E-state index in [1.807, 2.05) is 6.92 Å². The minimum Gasteiger partial charge on any atom is -0.314 e. The van der Waals surface area contributed by atoms with E-state index < -0.39 is 15.6 Å². The van der Waals surface area contributed by atoms with E-state index in [-0.39, 0.29) is 10.9 Å². The second-order valence-corrected chi connectivity index (χ2v) is 6.43. The molecule has 1 rings (SSSR count). The van der Waals surface area contributed by atoms with Gasteiger partial charge in [0.05, 0.1) is 4.90 Å². The minimum atomic E-state index is -4.49. The Morgan fingerprint density at radius 3 is 2.26 bits per heavy atom. The lowest BCUT2D eigenvalue weighted by molar-refractivity contribution is 0.234. The number of hydrogen-bond acceptors (Lipinski definition) is 3. The summed E-state index contributed by atoms with van der Waals surface area (Å²) in [5.41, 5.74) is 0.921. The van der Waals surface area contributed by atoms with E-state index >= 15 is 0 Å². The zero-order valence-corrected chi connectivity index (χ0v) is 11.9. The quantitative estimate of drug-likeness (QED) is 0.840. The summed E-state index contributed by atoms with van der Waals surface area (Å²) in [4.78, 5) is -0.333. The number of rotatable bonds is 7. The van der Waals surface area contributed by atoms with Crippen molar-refractivity contribution in [1.29, 1.82) is 0 Å². The van der Waals surface area contributed by atoms with Crippen molar-refractivity contribution in [3.63, 3.8) is 0 Å². The first-order chi connectivity index (χ1) is 8.87. The van der Waals surface area contributed by atoms with E-state index in [4.69, 9.17) is 0 Å². The molecule has 0 amide bonds. The summed E-state index contributed by atoms with van der Waals surface area (Å²) in [5, 5.41) is 3.31. The molecule has 0 bridgehead atoms. The summed E-state index contributed by atoms with van der Waals surface area (Å²) >= 11 is 0. The predicted octanol–water partition coefficient (Wildman–Crippen LogP) is 2.61. The van der Waals surface area contributed by atoms with Crippen LogP contribution < -0.4 is 5.32 Å². The first-order valence-electron chi connectivity index (χ1n) is 6.22. The van der Waals surface area contributed by atoms with Crippen LogP contribution in [0, 0.1) is 0 Å². The molecular weight excluding hydrogens is 272 g/mol. The molecule has 19 heavy (non-hydrogen) atoms. The number of halogens is 2. The number of benzene rings is 1. The lowest BCUT2D eigenvalue weighted by Gasteiger charge is -2.13. The van der Waals surface area contributed by atoms with Gasteiger partial charge in [-0.3, -0.25) is 0 Å². The van der Waals surface area contributed by atoms with Gasteiger partial charge in [-0.2, -0.15) is 8.78 Å². The van der Waals surface area contributed by atoms with Gasteiger partial charge in [0.25, 0.3) is 0 Å². The normalized spacial score (nSPS) is 13.7. The van der Waals surface area contributed by atoms with Crippen LogP contribution in [-0.4, -0.2) is 26.8 Å². The maximum atomic E-state index is 12.4. The molecule has 0 aliphatic carbocycles. The maximum absolute atomic E-state index is 12.4. The number of alkyl halides is 2. The Kier molecular flexibility index (Phi) is 5.87. The number of sulfone groups is 1. The average Bonchev–Trinajstić information content (AvgIpc) is 2.36. The Bertz CT molecular complexity index is 486. The molecule has 1 aromatic carbocycles. The van der Waals surface area contributed by atoms with Gasteiger partial charge in [-0.05, 0) is 44.0 Å². The van der Waals surface area contributed by atoms with Gasteiger partial charge in [0, 0.05) is 6.04 Å². The Labute approximate surface area is 112 Å². The molecule has 6 heteroatoms. The summed E-state index contributed by atoms with van der Waals surface area (Å²) < 4.78 is 47.2. The molecule has 0 spiro atoms. The molecule has 0 saturated heterocycles. The fourth-order valence-corrected chi connectivity index (χ4v) is 2.46. The molecule has 1 atom stereocenters. The molecule has 0 heterocycles. The molecule has 108 valence electrons. The van der Waals surface area contributed by atoms with Crippen LogP contribution in [0.2, 0.25) is 0 Å². The first-order valence-corrected chi connectivity index (χ1v) is 7.77. The van der Waals surface area contributed by atoms with Crippen LogP contribution >= 0.6 is 0 Å². The second kappa shape index (κ2) is 6.96. The van der Waals surface area contributed by atoms with Gasteiger partial charge in [0.2, 0.25) is 9.84 Å². The van der Waals surface area contributed by atoms with Crippen molar-refractivity contribution in [1.82, 2.24) is 5.32 Å². The van der Waals surface area contributed by atoms with Crippen molar-refractivity contribution in [3.05, 3.63) is 29.8 Å². The smallest absolute Gasteiger partial charge is 0.314 e. The van der Waals surface area contributed by atoms with Crippen molar-refractivity contribution in [3.8, 4) is 0 Å². The van der Waals surface area contributed by atoms with Crippen molar-refractivity contribution in [2.24, 2.45) is 0 Å². The van der Waals surface area contributed by atoms with Crippen LogP contribution in [-0.2, 0) is 16.3 Å². The highest BCUT2D eigenvalue weighted by Gasteiger charge is 2.26. The molecule has 1 N–H and O–H groups in total. The van der Waals surface area contributed by atoms with E-state index in [1.165, 1.54) is 12.1 Å². The molecule has 1 aromatic rings. The lowest BCUT2D eigenvalue weighted by Crippen LogP contribution is -2.28. The maximum Gasteiger partial charge on any atom is 0.341 e. The third-order valence-electron chi connectivity index (χ3n) is 2.77. The van der Waals surface area contributed by atoms with Gasteiger partial charge in [-0.1, -0.05) is 19.1 Å². The molecule has 0 radical (unpaired) electrons. The predicted molar refractivity (Wildman–Crippen MR) is 71.1 cm³/mol. The van der Waals surface area contributed by atoms with Gasteiger partial charge in [0.1, 0.15) is 0 Å². The van der Waals surface area contributed by atoms with Crippen LogP contribution in [0.1, 0.15) is 25.8 Å². The van der Waals surface area contributed by atoms with Gasteiger partial charge in [0.15, 0.2) is 0 Å². The lowest BCUT2D eigenvalue weighted by atomic mass is 10.1. The van der Waals surface area contributed by atoms with Crippen molar-refractivity contribution in [2.75, 3.05) is 6.54 Å². The summed E-state index contributed by atoms with van der Waals surface area (Å²) in [7, 11) is -4.49. The molecule has 0 aliphatic heterocycles. The Morgan fingerprint density at radius 1 is 1.21 bits per heavy atom. The largest absolute Gasteiger partial charge is 0.341 e. The fraction of sp³-hybridized carbons (Fsp3) is 0.538. The highest BCUT2D eigenvalue weighted by atomic mass is 32.2. The average molecular weight is 291 g/mol. The summed E-state index contributed by atoms with van der Waals surface area (Å²) in [6.45, 7) is 5.02. The number of nitrogens with one attached hydrogen (secondary N) is 1. The van der Waals surface area contributed by atoms with E-state index in [9.17, 15) is 17.2 Å². The van der Waals surface area contributed by atoms with Gasteiger partial charge in [-0.25, -0.2) is 8.42 Å². The molecule has 0 aliphatic rings. The SMILES string of the molecule is CCCNC(C)Cc1ccc(S(=O)(=O)C(F)F)cc1. The monoisotopic (exact) mass is 291 g/mol. The van der Waals surface area contributed by atoms with Crippen LogP contribution in [0.25, 0.3) is 0 Å². The van der Waals surface area contributed by atoms with E-state index in [0.29, 0.717) is 0 Å². The van der Waals surface area contributed by atoms with E-state index in [1.54, 1.807) is 12.1 Å². The third-order valence-corrected chi connectivity index (χ3v) is 4.17. The Hall–Kier alpha value is -1.01. The van der Waals surface area contributed by atoms with Crippen LogP contribution in [0.4, 0.5) is 8.78 Å². The molecule has 0 aromatic heterocycles. The van der Waals surface area contributed by atoms with Crippen LogP contribution in [0.15, 0.2) is 29.2 Å². The van der Waals surface area contributed by atoms with Crippen LogP contribution in [0.3, 0.4) is 0 Å². The molecule has 0 saturated carbocycles. The topological polar surface area (TPSA) is 46.2 Å². The first kappa shape index (κ1) is 16.0. The number of hydrogen-bond donors (Lipinski definition) is 1. The standard InChI is InChI=1S/C13H19F2NO2S/c1-3-8-16-10(2)9-11-4-6-12(7-5-11)19(17,18)13(14)15/h4-7,10,13,16H,3,8-9H2,1-2H3. The summed E-state index contributed by atoms with van der Waals surface area (Å²) in [5.74, 6) is -3.37. The minimum absolute atomic E-state index is 0.262. The summed E-state index contributed by atoms with van der Waals surface area (Å²) in [6.07, 6.45) is 1.77. The second-order valence-electron chi connectivity index (χ2n) is 4.51. The molecular formula is C13H19F2NO2S. The van der Waals surface area contributed by atoms with Gasteiger partial charge < -0.3 is 5.32 Å². The highest BCUT2D eigenvalue weighted by molar-refractivity contribution is 7.91. The van der Waals surface area contributed by atoms with E-state index in [0.717, 1.165) is 24.9 Å². The Morgan fingerprint density at radius 2 is 1.79 bits per heavy atom. The zero-order valence-electron chi connectivity index (χ0n) is 11.1. The van der Waals surface area contributed by atoms with E-state index in [2.05, 4.69) is 12.2 Å². The molecule has 3 nitrogen and oxygen atoms in total. The summed E-state index contributed by atoms with van der Waals surface area (Å²) in [6, 6.07) is 5.91.